The molecule has 0 radical (unpaired) electrons. The highest BCUT2D eigenvalue weighted by atomic mass is 32.2. The van der Waals surface area contributed by atoms with E-state index >= 15 is 0 Å². The Kier molecular flexibility index (Phi) is 4.70. The molecule has 0 saturated carbocycles. The molecule has 0 atom stereocenters. The first kappa shape index (κ1) is 14.5. The van der Waals surface area contributed by atoms with E-state index in [0.717, 1.165) is 22.2 Å². The highest BCUT2D eigenvalue weighted by molar-refractivity contribution is 8.26. The van der Waals surface area contributed by atoms with Crippen LogP contribution in [0.2, 0.25) is 0 Å². The second kappa shape index (κ2) is 6.49. The Morgan fingerprint density at radius 2 is 2.05 bits per heavy atom. The fourth-order valence-electron chi connectivity index (χ4n) is 1.60. The van der Waals surface area contributed by atoms with Gasteiger partial charge in [-0.3, -0.25) is 14.5 Å². The van der Waals surface area contributed by atoms with Crippen LogP contribution in [0.1, 0.15) is 5.56 Å². The van der Waals surface area contributed by atoms with Crippen LogP contribution >= 0.6 is 24.0 Å². The van der Waals surface area contributed by atoms with Gasteiger partial charge in [0.25, 0.3) is 5.91 Å². The highest BCUT2D eigenvalue weighted by Gasteiger charge is 2.32. The summed E-state index contributed by atoms with van der Waals surface area (Å²) in [5.41, 5.74) is 1.02. The fourth-order valence-corrected chi connectivity index (χ4v) is 2.80. The number of hydrogen-bond acceptors (Lipinski definition) is 4. The summed E-state index contributed by atoms with van der Waals surface area (Å²) in [5, 5.41) is 8.72. The first-order valence-corrected chi connectivity index (χ1v) is 6.99. The summed E-state index contributed by atoms with van der Waals surface area (Å²) in [6.45, 7) is -0.398. The normalized spacial score (nSPS) is 17.4. The van der Waals surface area contributed by atoms with E-state index < -0.39 is 12.5 Å². The number of aliphatic carboxylic acids is 1. The molecule has 0 bridgehead atoms. The topological polar surface area (TPSA) is 57.6 Å². The van der Waals surface area contributed by atoms with Crippen molar-refractivity contribution in [2.24, 2.45) is 0 Å². The maximum atomic E-state index is 11.9. The van der Waals surface area contributed by atoms with Crippen molar-refractivity contribution in [2.45, 2.75) is 0 Å². The third-order valence-electron chi connectivity index (χ3n) is 2.50. The number of carbonyl (C=O) groups excluding carboxylic acids is 1. The number of hydrogen-bond donors (Lipinski definition) is 1. The highest BCUT2D eigenvalue weighted by Crippen LogP contribution is 2.30. The van der Waals surface area contributed by atoms with Crippen molar-refractivity contribution in [3.8, 4) is 0 Å². The molecule has 6 heteroatoms. The lowest BCUT2D eigenvalue weighted by Gasteiger charge is -2.09. The van der Waals surface area contributed by atoms with Crippen molar-refractivity contribution in [1.29, 1.82) is 0 Å². The number of allylic oxidation sites excluding steroid dienone is 2. The lowest BCUT2D eigenvalue weighted by molar-refractivity contribution is -0.140. The Labute approximate surface area is 125 Å². The molecule has 0 spiro atoms. The van der Waals surface area contributed by atoms with Crippen molar-refractivity contribution in [3.05, 3.63) is 53.0 Å². The standard InChI is InChI=1S/C14H11NO3S2/c16-12(17)9-15-13(18)11(20-14(15)19)8-4-7-10-5-2-1-3-6-10/h1-8H,9H2,(H,16,17)/b7-4?,11-8-. The Bertz CT molecular complexity index is 608. The van der Waals surface area contributed by atoms with Gasteiger partial charge in [0.1, 0.15) is 10.9 Å². The maximum Gasteiger partial charge on any atom is 0.323 e. The lowest BCUT2D eigenvalue weighted by atomic mass is 10.2. The van der Waals surface area contributed by atoms with Gasteiger partial charge in [-0.05, 0) is 11.6 Å². The zero-order chi connectivity index (χ0) is 14.5. The lowest BCUT2D eigenvalue weighted by Crippen LogP contribution is -2.33. The third kappa shape index (κ3) is 3.55. The summed E-state index contributed by atoms with van der Waals surface area (Å²) in [4.78, 5) is 24.1. The Balaban J connectivity index is 2.08. The molecule has 1 aliphatic rings. The van der Waals surface area contributed by atoms with E-state index in [0.29, 0.717) is 4.91 Å². The van der Waals surface area contributed by atoms with E-state index in [4.69, 9.17) is 17.3 Å². The minimum Gasteiger partial charge on any atom is -0.480 e. The SMILES string of the molecule is O=C(O)CN1C(=O)/C(=C/C=Cc2ccccc2)SC1=S. The minimum atomic E-state index is -1.08. The quantitative estimate of drug-likeness (QED) is 0.684. The van der Waals surface area contributed by atoms with E-state index in [-0.39, 0.29) is 10.2 Å². The predicted octanol–water partition coefficient (Wildman–Crippen LogP) is 2.53. The molecule has 1 aliphatic heterocycles. The largest absolute Gasteiger partial charge is 0.480 e. The first-order chi connectivity index (χ1) is 9.58. The monoisotopic (exact) mass is 305 g/mol. The molecule has 1 aromatic rings. The zero-order valence-electron chi connectivity index (χ0n) is 10.4. The summed E-state index contributed by atoms with van der Waals surface area (Å²) >= 11 is 6.11. The summed E-state index contributed by atoms with van der Waals surface area (Å²) in [5.74, 6) is -1.44. The van der Waals surface area contributed by atoms with Crippen LogP contribution in [0.15, 0.2) is 47.4 Å². The summed E-state index contributed by atoms with van der Waals surface area (Å²) in [6, 6.07) is 9.66. The number of carboxylic acids is 1. The van der Waals surface area contributed by atoms with Crippen LogP contribution in [0.25, 0.3) is 6.08 Å². The Morgan fingerprint density at radius 1 is 1.35 bits per heavy atom. The minimum absolute atomic E-state index is 0.275. The molecule has 20 heavy (non-hydrogen) atoms. The molecule has 0 aromatic heterocycles. The Hall–Kier alpha value is -1.92. The molecule has 0 aliphatic carbocycles. The molecule has 1 fully saturated rings. The molecule has 2 rings (SSSR count). The van der Waals surface area contributed by atoms with Crippen molar-refractivity contribution in [1.82, 2.24) is 4.90 Å². The maximum absolute atomic E-state index is 11.9. The summed E-state index contributed by atoms with van der Waals surface area (Å²) < 4.78 is 0.275. The van der Waals surface area contributed by atoms with Gasteiger partial charge in [-0.15, -0.1) is 0 Å². The van der Waals surface area contributed by atoms with Crippen LogP contribution in [0.4, 0.5) is 0 Å². The van der Waals surface area contributed by atoms with Gasteiger partial charge in [-0.25, -0.2) is 0 Å². The second-order valence-electron chi connectivity index (χ2n) is 3.95. The van der Waals surface area contributed by atoms with E-state index in [1.54, 1.807) is 12.2 Å². The molecule has 4 nitrogen and oxygen atoms in total. The van der Waals surface area contributed by atoms with E-state index in [2.05, 4.69) is 0 Å². The molecule has 0 unspecified atom stereocenters. The van der Waals surface area contributed by atoms with Crippen LogP contribution in [0.5, 0.6) is 0 Å². The number of thiocarbonyl (C=S) groups is 1. The number of carbonyl (C=O) groups is 2. The van der Waals surface area contributed by atoms with Gasteiger partial charge < -0.3 is 5.11 Å². The molecular formula is C14H11NO3S2. The smallest absolute Gasteiger partial charge is 0.323 e. The Morgan fingerprint density at radius 3 is 2.70 bits per heavy atom. The van der Waals surface area contributed by atoms with Crippen LogP contribution in [-0.4, -0.2) is 32.7 Å². The van der Waals surface area contributed by atoms with Gasteiger partial charge in [0.15, 0.2) is 0 Å². The molecule has 102 valence electrons. The van der Waals surface area contributed by atoms with Crippen molar-refractivity contribution >= 4 is 46.3 Å². The van der Waals surface area contributed by atoms with Crippen molar-refractivity contribution in [2.75, 3.05) is 6.54 Å². The molecule has 1 aromatic carbocycles. The predicted molar refractivity (Wildman–Crippen MR) is 83.1 cm³/mol. The molecular weight excluding hydrogens is 294 g/mol. The first-order valence-electron chi connectivity index (χ1n) is 5.77. The average Bonchev–Trinajstić information content (AvgIpc) is 2.67. The molecule has 1 heterocycles. The number of benzene rings is 1. The van der Waals surface area contributed by atoms with Crippen molar-refractivity contribution < 1.29 is 14.7 Å². The average molecular weight is 305 g/mol. The van der Waals surface area contributed by atoms with E-state index in [1.807, 2.05) is 36.4 Å². The fraction of sp³-hybridized carbons (Fsp3) is 0.0714. The van der Waals surface area contributed by atoms with Gasteiger partial charge in [0.2, 0.25) is 0 Å². The van der Waals surface area contributed by atoms with Crippen LogP contribution < -0.4 is 0 Å². The number of nitrogens with zero attached hydrogens (tertiary/aromatic N) is 1. The van der Waals surface area contributed by atoms with Crippen LogP contribution in [-0.2, 0) is 9.59 Å². The number of carboxylic acid groups (broad SMARTS) is 1. The van der Waals surface area contributed by atoms with Gasteiger partial charge in [0.05, 0.1) is 4.91 Å². The number of thioether (sulfide) groups is 1. The van der Waals surface area contributed by atoms with Crippen molar-refractivity contribution in [3.63, 3.8) is 0 Å². The van der Waals surface area contributed by atoms with Crippen LogP contribution in [0, 0.1) is 0 Å². The summed E-state index contributed by atoms with van der Waals surface area (Å²) in [6.07, 6.45) is 5.26. The molecule has 1 saturated heterocycles. The molecule has 1 N–H and O–H groups in total. The van der Waals surface area contributed by atoms with Gasteiger partial charge in [-0.1, -0.05) is 66.5 Å². The van der Waals surface area contributed by atoms with E-state index in [1.165, 1.54) is 0 Å². The van der Waals surface area contributed by atoms with Gasteiger partial charge in [0, 0.05) is 0 Å². The number of amides is 1. The second-order valence-corrected chi connectivity index (χ2v) is 5.63. The molecule has 1 amide bonds. The zero-order valence-corrected chi connectivity index (χ0v) is 12.0. The third-order valence-corrected chi connectivity index (χ3v) is 3.90. The van der Waals surface area contributed by atoms with Gasteiger partial charge in [-0.2, -0.15) is 0 Å². The van der Waals surface area contributed by atoms with E-state index in [9.17, 15) is 9.59 Å². The summed E-state index contributed by atoms with van der Waals surface area (Å²) in [7, 11) is 0. The van der Waals surface area contributed by atoms with Gasteiger partial charge >= 0.3 is 5.97 Å². The number of rotatable bonds is 4. The van der Waals surface area contributed by atoms with Crippen LogP contribution in [0.3, 0.4) is 0 Å².